The summed E-state index contributed by atoms with van der Waals surface area (Å²) < 4.78 is 0.722. The summed E-state index contributed by atoms with van der Waals surface area (Å²) in [6.45, 7) is 6.50. The molecule has 0 bridgehead atoms. The fraction of sp³-hybridized carbons (Fsp3) is 0. The average Bonchev–Trinajstić information content (AvgIpc) is 1.39. The second-order valence-corrected chi connectivity index (χ2v) is 0.899. The summed E-state index contributed by atoms with van der Waals surface area (Å²) in [7, 11) is 0. The average molecular weight is 265 g/mol. The van der Waals surface area contributed by atoms with E-state index in [9.17, 15) is 0 Å². The van der Waals surface area contributed by atoms with Crippen LogP contribution in [0.3, 0.4) is 0 Å². The van der Waals surface area contributed by atoms with Gasteiger partial charge in [0.25, 0.3) is 0 Å². The van der Waals surface area contributed by atoms with Crippen molar-refractivity contribution in [3.63, 3.8) is 0 Å². The molecule has 0 aliphatic rings. The first-order valence-electron chi connectivity index (χ1n) is 1.23. The fourth-order valence-electron chi connectivity index (χ4n) is 0. The number of hydrogen-bond donors (Lipinski definition) is 0. The van der Waals surface area contributed by atoms with Crippen LogP contribution in [0.2, 0.25) is 0 Å². The Bertz CT molecular complexity index is 28.5. The summed E-state index contributed by atoms with van der Waals surface area (Å²) in [5, 5.41) is 0. The van der Waals surface area contributed by atoms with Gasteiger partial charge in [0.05, 0.1) is 0 Å². The molecule has 0 aromatic carbocycles. The second-order valence-electron chi connectivity index (χ2n) is 0.363. The maximum Gasteiger partial charge on any atom is -0.0319 e. The molecule has 0 amide bonds. The van der Waals surface area contributed by atoms with Crippen molar-refractivity contribution in [2.45, 2.75) is 0 Å². The van der Waals surface area contributed by atoms with Gasteiger partial charge in [-0.1, -0.05) is 6.08 Å². The molecular formula is C4H6OPt. The van der Waals surface area contributed by atoms with Crippen LogP contribution in [0.5, 0.6) is 0 Å². The molecule has 0 aliphatic heterocycles. The van der Waals surface area contributed by atoms with Crippen LogP contribution in [0.1, 0.15) is 0 Å². The standard InChI is InChI=1S/C3H5.CHO.Pt/c1-3-2;1-2;/h3H,1-2H2;1H;. The van der Waals surface area contributed by atoms with Gasteiger partial charge in [0.15, 0.2) is 0 Å². The van der Waals surface area contributed by atoms with Gasteiger partial charge in [-0.05, 0) is 6.92 Å². The maximum absolute atomic E-state index is 8.79. The Labute approximate surface area is 49.3 Å². The van der Waals surface area contributed by atoms with Crippen LogP contribution in [0.4, 0.5) is 0 Å². The number of allylic oxidation sites excluding steroid dienone is 1. The molecule has 0 N–H and O–H groups in total. The van der Waals surface area contributed by atoms with E-state index < -0.39 is 0 Å². The van der Waals surface area contributed by atoms with Crippen molar-refractivity contribution >= 4 is 4.68 Å². The van der Waals surface area contributed by atoms with Crippen LogP contribution >= 0.6 is 0 Å². The predicted molar refractivity (Wildman–Crippen MR) is 22.3 cm³/mol. The van der Waals surface area contributed by atoms with Crippen LogP contribution in [0.15, 0.2) is 12.7 Å². The van der Waals surface area contributed by atoms with Gasteiger partial charge < -0.3 is 0 Å². The summed E-state index contributed by atoms with van der Waals surface area (Å²) in [5.41, 5.74) is 0. The zero-order valence-corrected chi connectivity index (χ0v) is 5.57. The van der Waals surface area contributed by atoms with Crippen LogP contribution in [-0.4, -0.2) is 4.68 Å². The molecule has 0 saturated carbocycles. The van der Waals surface area contributed by atoms with Crippen molar-refractivity contribution in [3.05, 3.63) is 19.6 Å². The Morgan fingerprint density at radius 2 is 1.67 bits per heavy atom. The Balaban J connectivity index is 0. The van der Waals surface area contributed by atoms with Gasteiger partial charge in [0.2, 0.25) is 0 Å². The van der Waals surface area contributed by atoms with Crippen LogP contribution < -0.4 is 0 Å². The van der Waals surface area contributed by atoms with E-state index in [0.29, 0.717) is 0 Å². The molecule has 1 nitrogen and oxygen atoms in total. The van der Waals surface area contributed by atoms with Gasteiger partial charge in [0, 0.05) is 0 Å². The van der Waals surface area contributed by atoms with E-state index in [-0.39, 0.29) is 0 Å². The molecule has 0 atom stereocenters. The third-order valence-electron chi connectivity index (χ3n) is 0. The van der Waals surface area contributed by atoms with Gasteiger partial charge >= 0.3 is 29.3 Å². The fourth-order valence-corrected chi connectivity index (χ4v) is 0. The molecule has 0 heterocycles. The third kappa shape index (κ3) is 4070. The molecule has 0 spiro atoms. The minimum Gasteiger partial charge on any atom is -0.103 e. The molecule has 0 fully saturated rings. The van der Waals surface area contributed by atoms with Crippen molar-refractivity contribution in [2.75, 3.05) is 0 Å². The first-order valence-corrected chi connectivity index (χ1v) is 2.55. The van der Waals surface area contributed by atoms with E-state index in [1.807, 2.05) is 0 Å². The summed E-state index contributed by atoms with van der Waals surface area (Å²) in [5.74, 6) is 0. The number of rotatable bonds is 0. The van der Waals surface area contributed by atoms with Crippen molar-refractivity contribution < 1.29 is 24.6 Å². The van der Waals surface area contributed by atoms with Gasteiger partial charge in [-0.15, -0.1) is 6.58 Å². The summed E-state index contributed by atoms with van der Waals surface area (Å²) in [6, 6.07) is 0. The number of hydrogen-bond acceptors (Lipinski definition) is 1. The van der Waals surface area contributed by atoms with E-state index >= 15 is 0 Å². The molecule has 0 unspecified atom stereocenters. The summed E-state index contributed by atoms with van der Waals surface area (Å²) >= 11 is 1.60. The van der Waals surface area contributed by atoms with Gasteiger partial charge in [0.1, 0.15) is 0 Å². The first kappa shape index (κ1) is 9.44. The maximum atomic E-state index is 8.79. The van der Waals surface area contributed by atoms with Crippen molar-refractivity contribution in [1.82, 2.24) is 0 Å². The Morgan fingerprint density at radius 1 is 1.67 bits per heavy atom. The number of carbonyl (C=O) groups excluding carboxylic acids is 1. The molecule has 6 heavy (non-hydrogen) atoms. The molecule has 0 aliphatic carbocycles. The number of carbonyl (C=O) groups is 1. The smallest absolute Gasteiger partial charge is 0.0319 e. The molecule has 0 rings (SSSR count). The second kappa shape index (κ2) is 19.4. The first-order chi connectivity index (χ1) is 2.83. The monoisotopic (exact) mass is 265 g/mol. The van der Waals surface area contributed by atoms with Gasteiger partial charge in [-0.25, -0.2) is 0 Å². The molecule has 38 valence electrons. The van der Waals surface area contributed by atoms with Crippen LogP contribution in [0, 0.1) is 6.92 Å². The predicted octanol–water partition coefficient (Wildman–Crippen LogP) is 0.730. The third-order valence-corrected chi connectivity index (χ3v) is 0. The van der Waals surface area contributed by atoms with E-state index in [4.69, 9.17) is 4.79 Å². The van der Waals surface area contributed by atoms with Crippen LogP contribution in [-0.2, 0) is 24.6 Å². The minimum absolute atomic E-state index is 0.722. The molecule has 0 aromatic rings. The zero-order valence-electron chi connectivity index (χ0n) is 3.29. The zero-order chi connectivity index (χ0) is 5.41. The van der Waals surface area contributed by atoms with Gasteiger partial charge in [-0.3, -0.25) is 0 Å². The molecule has 0 saturated heterocycles. The molecule has 1 radical (unpaired) electrons. The molecule has 2 heteroatoms. The van der Waals surface area contributed by atoms with Crippen LogP contribution in [0.25, 0.3) is 0 Å². The minimum atomic E-state index is 0.722. The SMILES string of the molecule is O=[CH][Pt].[CH2]C=C. The Kier molecular flexibility index (Phi) is 30.6. The van der Waals surface area contributed by atoms with Crippen molar-refractivity contribution in [3.8, 4) is 0 Å². The normalized spacial score (nSPS) is 4.50. The molecule has 0 aromatic heterocycles. The van der Waals surface area contributed by atoms with E-state index in [1.54, 1.807) is 19.8 Å². The largest absolute Gasteiger partial charge is 0.103 e. The van der Waals surface area contributed by atoms with E-state index in [0.717, 1.165) is 4.68 Å². The Morgan fingerprint density at radius 3 is 1.67 bits per heavy atom. The summed E-state index contributed by atoms with van der Waals surface area (Å²) in [4.78, 5) is 8.79. The van der Waals surface area contributed by atoms with E-state index in [1.165, 1.54) is 6.08 Å². The quantitative estimate of drug-likeness (QED) is 0.590. The topological polar surface area (TPSA) is 17.1 Å². The summed E-state index contributed by atoms with van der Waals surface area (Å²) in [6.07, 6.45) is 1.50. The van der Waals surface area contributed by atoms with Crippen molar-refractivity contribution in [1.29, 1.82) is 0 Å². The molecular weight excluding hydrogens is 259 g/mol. The Hall–Kier alpha value is 0.0983. The van der Waals surface area contributed by atoms with Gasteiger partial charge in [-0.2, -0.15) is 0 Å². The van der Waals surface area contributed by atoms with E-state index in [2.05, 4.69) is 13.5 Å². The van der Waals surface area contributed by atoms with Crippen molar-refractivity contribution in [2.24, 2.45) is 0 Å².